The van der Waals surface area contributed by atoms with Crippen LogP contribution in [0.3, 0.4) is 0 Å². The van der Waals surface area contributed by atoms with E-state index < -0.39 is 12.3 Å². The summed E-state index contributed by atoms with van der Waals surface area (Å²) in [6.07, 6.45) is -3.70. The summed E-state index contributed by atoms with van der Waals surface area (Å²) in [4.78, 5) is 11.4. The lowest BCUT2D eigenvalue weighted by molar-refractivity contribution is -0.286. The second-order valence-electron chi connectivity index (χ2n) is 7.34. The van der Waals surface area contributed by atoms with Crippen molar-refractivity contribution in [3.8, 4) is 22.6 Å². The second-order valence-corrected chi connectivity index (χ2v) is 7.34. The lowest BCUT2D eigenvalue weighted by Gasteiger charge is -2.21. The lowest BCUT2D eigenvalue weighted by atomic mass is 9.84. The van der Waals surface area contributed by atoms with Crippen LogP contribution in [-0.4, -0.2) is 17.4 Å². The van der Waals surface area contributed by atoms with Crippen molar-refractivity contribution in [2.75, 3.05) is 0 Å². The van der Waals surface area contributed by atoms with Gasteiger partial charge >= 0.3 is 12.3 Å². The van der Waals surface area contributed by atoms with Gasteiger partial charge in [-0.3, -0.25) is 4.79 Å². The van der Waals surface area contributed by atoms with Crippen LogP contribution in [0.2, 0.25) is 0 Å². The summed E-state index contributed by atoms with van der Waals surface area (Å²) < 4.78 is 35.6. The van der Waals surface area contributed by atoms with Crippen LogP contribution in [0, 0.1) is 0 Å². The molecule has 0 atom stereocenters. The molecule has 0 saturated carbocycles. The number of hydrogen-bond donors (Lipinski definition) is 1. The third-order valence-electron chi connectivity index (χ3n) is 4.63. The highest BCUT2D eigenvalue weighted by molar-refractivity contribution is 5.75. The van der Waals surface area contributed by atoms with Crippen molar-refractivity contribution >= 4 is 5.97 Å². The van der Waals surface area contributed by atoms with Crippen LogP contribution in [0.25, 0.3) is 11.1 Å². The summed E-state index contributed by atoms with van der Waals surface area (Å²) >= 11 is 0. The van der Waals surface area contributed by atoms with E-state index in [4.69, 9.17) is 0 Å². The molecule has 0 bridgehead atoms. The zero-order chi connectivity index (χ0) is 19.9. The first-order chi connectivity index (χ1) is 12.6. The molecule has 4 nitrogen and oxygen atoms in total. The van der Waals surface area contributed by atoms with Gasteiger partial charge in [0.05, 0.1) is 6.42 Å². The van der Waals surface area contributed by atoms with Gasteiger partial charge in [0.2, 0.25) is 0 Å². The van der Waals surface area contributed by atoms with Gasteiger partial charge in [0.25, 0.3) is 0 Å². The minimum atomic E-state index is -3.65. The molecule has 0 saturated heterocycles. The number of alkyl halides is 2. The van der Waals surface area contributed by atoms with Crippen LogP contribution in [0.5, 0.6) is 11.5 Å². The molecule has 0 radical (unpaired) electrons. The smallest absolute Gasteiger partial charge is 0.481 e. The predicted octanol–water partition coefficient (Wildman–Crippen LogP) is 5.55. The Bertz CT molecular complexity index is 859. The molecule has 3 rings (SSSR count). The number of ether oxygens (including phenoxy) is 2. The SMILES string of the molecule is CC(C)c1cc(-c2ccc3c(c2)OC(F)(F)O3)cc(C(C)C)c1CC(=O)O. The standard InChI is InChI=1S/C21H22F2O4/c1-11(2)15-7-14(8-16(12(3)4)17(15)10-20(24)25)13-5-6-18-19(9-13)27-21(22,23)26-18/h5-9,11-12H,10H2,1-4H3,(H,24,25). The highest BCUT2D eigenvalue weighted by Gasteiger charge is 2.43. The minimum absolute atomic E-state index is 0.000543. The third kappa shape index (κ3) is 3.89. The number of benzene rings is 2. The fourth-order valence-electron chi connectivity index (χ4n) is 3.40. The molecular weight excluding hydrogens is 354 g/mol. The summed E-state index contributed by atoms with van der Waals surface area (Å²) in [7, 11) is 0. The summed E-state index contributed by atoms with van der Waals surface area (Å²) in [5, 5.41) is 9.32. The zero-order valence-electron chi connectivity index (χ0n) is 15.7. The molecule has 1 heterocycles. The highest BCUT2D eigenvalue weighted by atomic mass is 19.3. The molecule has 0 aliphatic carbocycles. The average molecular weight is 376 g/mol. The van der Waals surface area contributed by atoms with Crippen molar-refractivity contribution in [3.05, 3.63) is 47.0 Å². The molecule has 2 aromatic carbocycles. The molecule has 0 aromatic heterocycles. The largest absolute Gasteiger partial charge is 0.586 e. The lowest BCUT2D eigenvalue weighted by Crippen LogP contribution is -2.25. The summed E-state index contributed by atoms with van der Waals surface area (Å²) in [5.41, 5.74) is 4.26. The fourth-order valence-corrected chi connectivity index (χ4v) is 3.40. The highest BCUT2D eigenvalue weighted by Crippen LogP contribution is 2.43. The van der Waals surface area contributed by atoms with Gasteiger partial charge in [0, 0.05) is 0 Å². The number of carboxylic acids is 1. The molecule has 1 aliphatic heterocycles. The summed E-state index contributed by atoms with van der Waals surface area (Å²) in [6, 6.07) is 8.55. The van der Waals surface area contributed by atoms with Gasteiger partial charge in [-0.1, -0.05) is 45.9 Å². The molecule has 0 spiro atoms. The van der Waals surface area contributed by atoms with Gasteiger partial charge in [-0.25, -0.2) is 0 Å². The van der Waals surface area contributed by atoms with Crippen molar-refractivity contribution in [2.45, 2.75) is 52.2 Å². The van der Waals surface area contributed by atoms with E-state index in [9.17, 15) is 18.7 Å². The molecule has 0 amide bonds. The molecular formula is C21H22F2O4. The van der Waals surface area contributed by atoms with Crippen molar-refractivity contribution in [1.29, 1.82) is 0 Å². The van der Waals surface area contributed by atoms with E-state index >= 15 is 0 Å². The molecule has 27 heavy (non-hydrogen) atoms. The van der Waals surface area contributed by atoms with Crippen LogP contribution < -0.4 is 9.47 Å². The monoisotopic (exact) mass is 376 g/mol. The molecule has 0 fully saturated rings. The minimum Gasteiger partial charge on any atom is -0.481 e. The Hall–Kier alpha value is -2.63. The Kier molecular flexibility index (Phi) is 4.84. The molecule has 2 aromatic rings. The van der Waals surface area contributed by atoms with E-state index in [1.165, 1.54) is 12.1 Å². The normalized spacial score (nSPS) is 14.8. The third-order valence-corrected chi connectivity index (χ3v) is 4.63. The maximum Gasteiger partial charge on any atom is 0.586 e. The summed E-state index contributed by atoms with van der Waals surface area (Å²) in [5.74, 6) is -0.647. The van der Waals surface area contributed by atoms with Crippen molar-refractivity contribution < 1.29 is 28.2 Å². The molecule has 6 heteroatoms. The van der Waals surface area contributed by atoms with Gasteiger partial charge in [0.15, 0.2) is 11.5 Å². The Balaban J connectivity index is 2.13. The van der Waals surface area contributed by atoms with Gasteiger partial charge in [-0.2, -0.15) is 0 Å². The Labute approximate surface area is 156 Å². The van der Waals surface area contributed by atoms with Crippen LogP contribution in [0.4, 0.5) is 8.78 Å². The first-order valence-corrected chi connectivity index (χ1v) is 8.86. The number of hydrogen-bond acceptors (Lipinski definition) is 3. The number of aliphatic carboxylic acids is 1. The average Bonchev–Trinajstić information content (AvgIpc) is 2.86. The predicted molar refractivity (Wildman–Crippen MR) is 97.6 cm³/mol. The maximum atomic E-state index is 13.3. The number of fused-ring (bicyclic) bond motifs is 1. The van der Waals surface area contributed by atoms with E-state index in [1.54, 1.807) is 6.07 Å². The Morgan fingerprint density at radius 2 is 1.52 bits per heavy atom. The van der Waals surface area contributed by atoms with Crippen LogP contribution in [0.1, 0.15) is 56.2 Å². The number of carbonyl (C=O) groups is 1. The van der Waals surface area contributed by atoms with Gasteiger partial charge in [-0.15, -0.1) is 8.78 Å². The van der Waals surface area contributed by atoms with Crippen molar-refractivity contribution in [2.24, 2.45) is 0 Å². The molecule has 1 N–H and O–H groups in total. The van der Waals surface area contributed by atoms with Gasteiger partial charge < -0.3 is 14.6 Å². The first-order valence-electron chi connectivity index (χ1n) is 8.86. The number of rotatable bonds is 5. The van der Waals surface area contributed by atoms with E-state index in [2.05, 4.69) is 9.47 Å². The molecule has 1 aliphatic rings. The topological polar surface area (TPSA) is 55.8 Å². The number of halogens is 2. The van der Waals surface area contributed by atoms with E-state index in [1.807, 2.05) is 39.8 Å². The first kappa shape index (κ1) is 19.1. The van der Waals surface area contributed by atoms with E-state index in [-0.39, 0.29) is 29.8 Å². The van der Waals surface area contributed by atoms with Crippen LogP contribution in [-0.2, 0) is 11.2 Å². The van der Waals surface area contributed by atoms with Crippen LogP contribution >= 0.6 is 0 Å². The van der Waals surface area contributed by atoms with Gasteiger partial charge in [-0.05, 0) is 51.8 Å². The molecule has 144 valence electrons. The summed E-state index contributed by atoms with van der Waals surface area (Å²) in [6.45, 7) is 8.03. The van der Waals surface area contributed by atoms with Gasteiger partial charge in [0.1, 0.15) is 0 Å². The Morgan fingerprint density at radius 1 is 0.963 bits per heavy atom. The van der Waals surface area contributed by atoms with E-state index in [0.717, 1.165) is 22.3 Å². The molecule has 0 unspecified atom stereocenters. The zero-order valence-corrected chi connectivity index (χ0v) is 15.7. The maximum absolute atomic E-state index is 13.3. The van der Waals surface area contributed by atoms with E-state index in [0.29, 0.717) is 5.56 Å². The van der Waals surface area contributed by atoms with Crippen molar-refractivity contribution in [3.63, 3.8) is 0 Å². The Morgan fingerprint density at radius 3 is 2.04 bits per heavy atom. The second kappa shape index (κ2) is 6.83. The quantitative estimate of drug-likeness (QED) is 0.743. The van der Waals surface area contributed by atoms with Crippen molar-refractivity contribution in [1.82, 2.24) is 0 Å². The van der Waals surface area contributed by atoms with Crippen LogP contribution in [0.15, 0.2) is 30.3 Å². The fraction of sp³-hybridized carbons (Fsp3) is 0.381. The number of carboxylic acid groups (broad SMARTS) is 1.